The maximum Gasteiger partial charge on any atom is 0.419 e. The van der Waals surface area contributed by atoms with Crippen molar-refractivity contribution in [3.05, 3.63) is 0 Å². The van der Waals surface area contributed by atoms with E-state index >= 15 is 0 Å². The summed E-state index contributed by atoms with van der Waals surface area (Å²) in [6.07, 6.45) is -1.21. The van der Waals surface area contributed by atoms with Crippen LogP contribution in [-0.4, -0.2) is 49.4 Å². The molecule has 0 aliphatic heterocycles. The van der Waals surface area contributed by atoms with Gasteiger partial charge in [-0.05, 0) is 27.2 Å². The van der Waals surface area contributed by atoms with Gasteiger partial charge in [0.25, 0.3) is 0 Å². The highest BCUT2D eigenvalue weighted by Crippen LogP contribution is 2.11. The lowest BCUT2D eigenvalue weighted by atomic mass is 10.1. The highest BCUT2D eigenvalue weighted by molar-refractivity contribution is 5.88. The normalized spacial score (nSPS) is 11.4. The van der Waals surface area contributed by atoms with E-state index in [1.165, 1.54) is 0 Å². The van der Waals surface area contributed by atoms with Gasteiger partial charge in [0.2, 0.25) is 0 Å². The first kappa shape index (κ1) is 18.2. The fourth-order valence-corrected chi connectivity index (χ4v) is 1.48. The lowest BCUT2D eigenvalue weighted by molar-refractivity contribution is -0.148. The van der Waals surface area contributed by atoms with Crippen molar-refractivity contribution in [2.24, 2.45) is 5.92 Å². The number of carbonyl (C=O) groups is 3. The molecule has 0 radical (unpaired) electrons. The van der Waals surface area contributed by atoms with Crippen LogP contribution in [0.5, 0.6) is 0 Å². The van der Waals surface area contributed by atoms with Gasteiger partial charge in [0.05, 0.1) is 25.7 Å². The summed E-state index contributed by atoms with van der Waals surface area (Å²) in [7, 11) is 0. The molecule has 0 aliphatic carbocycles. The molecule has 7 heteroatoms. The van der Waals surface area contributed by atoms with Crippen LogP contribution in [0.4, 0.5) is 9.59 Å². The van der Waals surface area contributed by atoms with Crippen LogP contribution in [0.2, 0.25) is 0 Å². The smallest absolute Gasteiger partial charge is 0.419 e. The maximum absolute atomic E-state index is 11.7. The van der Waals surface area contributed by atoms with E-state index in [2.05, 4.69) is 0 Å². The Bertz CT molecular complexity index is 313. The summed E-state index contributed by atoms with van der Waals surface area (Å²) < 4.78 is 14.5. The zero-order valence-corrected chi connectivity index (χ0v) is 12.5. The van der Waals surface area contributed by atoms with Crippen LogP contribution in [0.3, 0.4) is 0 Å². The van der Waals surface area contributed by atoms with Gasteiger partial charge in [-0.15, -0.1) is 0 Å². The van der Waals surface area contributed by atoms with Gasteiger partial charge in [-0.25, -0.2) is 14.5 Å². The van der Waals surface area contributed by atoms with Crippen LogP contribution >= 0.6 is 0 Å². The number of hydrogen-bond acceptors (Lipinski definition) is 6. The van der Waals surface area contributed by atoms with Gasteiger partial charge in [-0.3, -0.25) is 4.79 Å². The first-order valence-electron chi connectivity index (χ1n) is 6.79. The van der Waals surface area contributed by atoms with Crippen LogP contribution in [-0.2, 0) is 19.0 Å². The van der Waals surface area contributed by atoms with Crippen molar-refractivity contribution < 1.29 is 28.6 Å². The Hall–Kier alpha value is -1.79. The van der Waals surface area contributed by atoms with Crippen LogP contribution in [0.15, 0.2) is 0 Å². The molecule has 0 spiro atoms. The Morgan fingerprint density at radius 2 is 1.30 bits per heavy atom. The molecule has 7 nitrogen and oxygen atoms in total. The molecule has 0 aromatic heterocycles. The predicted molar refractivity (Wildman–Crippen MR) is 71.2 cm³/mol. The van der Waals surface area contributed by atoms with Crippen molar-refractivity contribution in [1.82, 2.24) is 4.90 Å². The monoisotopic (exact) mass is 289 g/mol. The number of imide groups is 1. The zero-order chi connectivity index (χ0) is 15.5. The zero-order valence-electron chi connectivity index (χ0n) is 12.5. The van der Waals surface area contributed by atoms with Gasteiger partial charge >= 0.3 is 18.2 Å². The number of ether oxygens (including phenoxy) is 3. The Morgan fingerprint density at radius 1 is 0.850 bits per heavy atom. The standard InChI is InChI=1S/C13H23NO6/c1-5-10(11(15)18-6-2)9-14(12(16)19-7-3)13(17)20-8-4/h10H,5-9H2,1-4H3. The third kappa shape index (κ3) is 5.90. The van der Waals surface area contributed by atoms with E-state index < -0.39 is 24.1 Å². The van der Waals surface area contributed by atoms with E-state index in [0.717, 1.165) is 4.90 Å². The molecule has 116 valence electrons. The SMILES string of the molecule is CCOC(=O)C(CC)CN(C(=O)OCC)C(=O)OCC. The summed E-state index contributed by atoms with van der Waals surface area (Å²) in [5, 5.41) is 0. The topological polar surface area (TPSA) is 82.1 Å². The summed E-state index contributed by atoms with van der Waals surface area (Å²) in [6.45, 7) is 7.11. The van der Waals surface area contributed by atoms with E-state index in [-0.39, 0.29) is 26.4 Å². The lowest BCUT2D eigenvalue weighted by Crippen LogP contribution is -2.43. The lowest BCUT2D eigenvalue weighted by Gasteiger charge is -2.23. The predicted octanol–water partition coefficient (Wildman–Crippen LogP) is 2.19. The number of nitrogens with zero attached hydrogens (tertiary/aromatic N) is 1. The highest BCUT2D eigenvalue weighted by atomic mass is 16.6. The van der Waals surface area contributed by atoms with E-state index in [1.54, 1.807) is 27.7 Å². The summed E-state index contributed by atoms with van der Waals surface area (Å²) >= 11 is 0. The van der Waals surface area contributed by atoms with E-state index in [0.29, 0.717) is 6.42 Å². The van der Waals surface area contributed by atoms with Crippen molar-refractivity contribution in [1.29, 1.82) is 0 Å². The van der Waals surface area contributed by atoms with Gasteiger partial charge in [-0.1, -0.05) is 6.92 Å². The number of hydrogen-bond donors (Lipinski definition) is 0. The van der Waals surface area contributed by atoms with Crippen molar-refractivity contribution in [3.63, 3.8) is 0 Å². The summed E-state index contributed by atoms with van der Waals surface area (Å²) in [6, 6.07) is 0. The largest absolute Gasteiger partial charge is 0.466 e. The number of carbonyl (C=O) groups excluding carboxylic acids is 3. The second-order valence-corrected chi connectivity index (χ2v) is 3.87. The first-order valence-corrected chi connectivity index (χ1v) is 6.79. The molecule has 0 aliphatic rings. The first-order chi connectivity index (χ1) is 9.51. The van der Waals surface area contributed by atoms with E-state index in [9.17, 15) is 14.4 Å². The third-order valence-corrected chi connectivity index (χ3v) is 2.49. The molecule has 1 unspecified atom stereocenters. The van der Waals surface area contributed by atoms with Gasteiger partial charge in [0.15, 0.2) is 0 Å². The molecule has 20 heavy (non-hydrogen) atoms. The summed E-state index contributed by atoms with van der Waals surface area (Å²) in [4.78, 5) is 36.0. The summed E-state index contributed by atoms with van der Waals surface area (Å²) in [5.74, 6) is -1.04. The molecule has 0 heterocycles. The van der Waals surface area contributed by atoms with Gasteiger partial charge in [0.1, 0.15) is 0 Å². The second kappa shape index (κ2) is 10.1. The van der Waals surface area contributed by atoms with Crippen LogP contribution < -0.4 is 0 Å². The van der Waals surface area contributed by atoms with E-state index in [1.807, 2.05) is 0 Å². The summed E-state index contributed by atoms with van der Waals surface area (Å²) in [5.41, 5.74) is 0. The molecule has 0 N–H and O–H groups in total. The molecule has 0 bridgehead atoms. The number of rotatable bonds is 7. The average Bonchev–Trinajstić information content (AvgIpc) is 2.40. The van der Waals surface area contributed by atoms with Crippen molar-refractivity contribution in [3.8, 4) is 0 Å². The molecule has 0 aromatic carbocycles. The number of esters is 1. The van der Waals surface area contributed by atoms with Crippen molar-refractivity contribution in [2.75, 3.05) is 26.4 Å². The minimum atomic E-state index is -0.825. The molecule has 2 amide bonds. The molecular weight excluding hydrogens is 266 g/mol. The highest BCUT2D eigenvalue weighted by Gasteiger charge is 2.30. The minimum absolute atomic E-state index is 0.118. The third-order valence-electron chi connectivity index (χ3n) is 2.49. The molecule has 1 atom stereocenters. The van der Waals surface area contributed by atoms with E-state index in [4.69, 9.17) is 14.2 Å². The Balaban J connectivity index is 4.88. The molecule has 0 saturated carbocycles. The Labute approximate surface area is 119 Å². The van der Waals surface area contributed by atoms with Gasteiger partial charge in [-0.2, -0.15) is 0 Å². The molecular formula is C13H23NO6. The molecule has 0 rings (SSSR count). The molecule has 0 saturated heterocycles. The fraction of sp³-hybridized carbons (Fsp3) is 0.769. The number of amides is 2. The van der Waals surface area contributed by atoms with Crippen LogP contribution in [0.25, 0.3) is 0 Å². The van der Waals surface area contributed by atoms with Crippen LogP contribution in [0, 0.1) is 5.92 Å². The van der Waals surface area contributed by atoms with Crippen LogP contribution in [0.1, 0.15) is 34.1 Å². The quantitative estimate of drug-likeness (QED) is 0.528. The van der Waals surface area contributed by atoms with Crippen molar-refractivity contribution in [2.45, 2.75) is 34.1 Å². The second-order valence-electron chi connectivity index (χ2n) is 3.87. The Kier molecular flexibility index (Phi) is 9.15. The minimum Gasteiger partial charge on any atom is -0.466 e. The fourth-order valence-electron chi connectivity index (χ4n) is 1.48. The van der Waals surface area contributed by atoms with Gasteiger partial charge < -0.3 is 14.2 Å². The molecule has 0 aromatic rings. The Morgan fingerprint density at radius 3 is 1.65 bits per heavy atom. The van der Waals surface area contributed by atoms with Gasteiger partial charge in [0, 0.05) is 6.54 Å². The molecule has 0 fully saturated rings. The average molecular weight is 289 g/mol. The maximum atomic E-state index is 11.7. The van der Waals surface area contributed by atoms with Crippen molar-refractivity contribution >= 4 is 18.2 Å².